The molecule has 0 fully saturated rings. The lowest BCUT2D eigenvalue weighted by atomic mass is 10.0. The van der Waals surface area contributed by atoms with E-state index in [1.807, 2.05) is 24.3 Å². The van der Waals surface area contributed by atoms with Crippen LogP contribution in [0.3, 0.4) is 0 Å². The Bertz CT molecular complexity index is 1060. The fourth-order valence-electron chi connectivity index (χ4n) is 2.32. The molecule has 0 heterocycles. The van der Waals surface area contributed by atoms with Crippen LogP contribution in [0.2, 0.25) is 0 Å². The predicted molar refractivity (Wildman–Crippen MR) is 90.8 cm³/mol. The Morgan fingerprint density at radius 2 is 1.62 bits per heavy atom. The number of rotatable bonds is 3. The Hall–Kier alpha value is -2.90. The van der Waals surface area contributed by atoms with Gasteiger partial charge >= 0.3 is 0 Å². The molecule has 24 heavy (non-hydrogen) atoms. The number of aromatic hydroxyl groups is 2. The SMILES string of the molecule is O=S(=O)(O)c1ccc(O)c(N=Cc2c(O)ccc3ccccc23)c1. The van der Waals surface area contributed by atoms with Gasteiger partial charge in [-0.15, -0.1) is 0 Å². The first-order valence-electron chi connectivity index (χ1n) is 6.91. The average molecular weight is 343 g/mol. The summed E-state index contributed by atoms with van der Waals surface area (Å²) >= 11 is 0. The molecule has 3 aromatic rings. The van der Waals surface area contributed by atoms with Crippen molar-refractivity contribution in [2.75, 3.05) is 0 Å². The Labute approximate surface area is 138 Å². The van der Waals surface area contributed by atoms with Gasteiger partial charge in [-0.3, -0.25) is 9.55 Å². The summed E-state index contributed by atoms with van der Waals surface area (Å²) < 4.78 is 31.4. The quantitative estimate of drug-likeness (QED) is 0.500. The van der Waals surface area contributed by atoms with Crippen LogP contribution in [0, 0.1) is 0 Å². The number of phenols is 2. The molecule has 3 N–H and O–H groups in total. The summed E-state index contributed by atoms with van der Waals surface area (Å²) in [6, 6.07) is 13.9. The van der Waals surface area contributed by atoms with Crippen LogP contribution in [0.1, 0.15) is 5.56 Å². The molecule has 0 radical (unpaired) electrons. The molecule has 0 saturated carbocycles. The van der Waals surface area contributed by atoms with Gasteiger partial charge in [0.25, 0.3) is 10.1 Å². The monoisotopic (exact) mass is 343 g/mol. The highest BCUT2D eigenvalue weighted by Gasteiger charge is 2.12. The third-order valence-corrected chi connectivity index (χ3v) is 4.37. The first-order valence-corrected chi connectivity index (χ1v) is 8.35. The van der Waals surface area contributed by atoms with Crippen molar-refractivity contribution in [1.82, 2.24) is 0 Å². The Kier molecular flexibility index (Phi) is 3.96. The van der Waals surface area contributed by atoms with E-state index in [2.05, 4.69) is 4.99 Å². The maximum atomic E-state index is 11.2. The van der Waals surface area contributed by atoms with E-state index >= 15 is 0 Å². The number of hydrogen-bond donors (Lipinski definition) is 3. The smallest absolute Gasteiger partial charge is 0.294 e. The minimum absolute atomic E-state index is 0.00266. The number of nitrogens with zero attached hydrogens (tertiary/aromatic N) is 1. The number of phenolic OH excluding ortho intramolecular Hbond substituents is 2. The van der Waals surface area contributed by atoms with Gasteiger partial charge in [0.1, 0.15) is 17.2 Å². The van der Waals surface area contributed by atoms with Crippen molar-refractivity contribution in [3.63, 3.8) is 0 Å². The molecular formula is C17H13NO5S. The highest BCUT2D eigenvalue weighted by atomic mass is 32.2. The summed E-state index contributed by atoms with van der Waals surface area (Å²) in [7, 11) is -4.40. The van der Waals surface area contributed by atoms with Crippen molar-refractivity contribution in [2.45, 2.75) is 4.90 Å². The lowest BCUT2D eigenvalue weighted by molar-refractivity contribution is 0.473. The Balaban J connectivity index is 2.11. The second kappa shape index (κ2) is 5.95. The van der Waals surface area contributed by atoms with Crippen LogP contribution in [0.15, 0.2) is 64.5 Å². The van der Waals surface area contributed by atoms with E-state index in [0.29, 0.717) is 5.56 Å². The molecule has 0 amide bonds. The van der Waals surface area contributed by atoms with Crippen LogP contribution in [0.25, 0.3) is 10.8 Å². The van der Waals surface area contributed by atoms with E-state index in [1.165, 1.54) is 12.3 Å². The average Bonchev–Trinajstić information content (AvgIpc) is 2.54. The molecule has 0 aliphatic heterocycles. The summed E-state index contributed by atoms with van der Waals surface area (Å²) in [6.45, 7) is 0. The molecule has 0 spiro atoms. The largest absolute Gasteiger partial charge is 0.507 e. The zero-order valence-electron chi connectivity index (χ0n) is 12.3. The third-order valence-electron chi connectivity index (χ3n) is 3.53. The lowest BCUT2D eigenvalue weighted by Gasteiger charge is -2.05. The van der Waals surface area contributed by atoms with Gasteiger partial charge in [-0.25, -0.2) is 0 Å². The molecule has 7 heteroatoms. The highest BCUT2D eigenvalue weighted by molar-refractivity contribution is 7.85. The minimum atomic E-state index is -4.40. The predicted octanol–water partition coefficient (Wildman–Crippen LogP) is 3.25. The molecule has 0 aliphatic carbocycles. The summed E-state index contributed by atoms with van der Waals surface area (Å²) in [5.74, 6) is -0.249. The summed E-state index contributed by atoms with van der Waals surface area (Å²) in [4.78, 5) is 3.67. The van der Waals surface area contributed by atoms with Gasteiger partial charge in [-0.2, -0.15) is 8.42 Å². The van der Waals surface area contributed by atoms with Crippen molar-refractivity contribution in [2.24, 2.45) is 4.99 Å². The lowest BCUT2D eigenvalue weighted by Crippen LogP contribution is -1.97. The number of aliphatic imine (C=N–C) groups is 1. The van der Waals surface area contributed by atoms with Gasteiger partial charge < -0.3 is 10.2 Å². The summed E-state index contributed by atoms with van der Waals surface area (Å²) in [5, 5.41) is 21.5. The van der Waals surface area contributed by atoms with E-state index in [9.17, 15) is 18.6 Å². The molecule has 3 aromatic carbocycles. The normalized spacial score (nSPS) is 12.0. The zero-order valence-corrected chi connectivity index (χ0v) is 13.1. The Morgan fingerprint density at radius 1 is 0.917 bits per heavy atom. The van der Waals surface area contributed by atoms with Crippen LogP contribution < -0.4 is 0 Å². The van der Waals surface area contributed by atoms with Crippen LogP contribution in [0.5, 0.6) is 11.5 Å². The van der Waals surface area contributed by atoms with E-state index < -0.39 is 10.1 Å². The van der Waals surface area contributed by atoms with Crippen molar-refractivity contribution in [1.29, 1.82) is 0 Å². The van der Waals surface area contributed by atoms with Gasteiger partial charge in [0, 0.05) is 11.8 Å². The molecule has 122 valence electrons. The van der Waals surface area contributed by atoms with Crippen LogP contribution in [-0.2, 0) is 10.1 Å². The van der Waals surface area contributed by atoms with E-state index in [1.54, 1.807) is 6.07 Å². The van der Waals surface area contributed by atoms with Crippen LogP contribution in [0.4, 0.5) is 5.69 Å². The first-order chi connectivity index (χ1) is 11.4. The fraction of sp³-hybridized carbons (Fsp3) is 0. The van der Waals surface area contributed by atoms with Gasteiger partial charge in [-0.05, 0) is 35.0 Å². The van der Waals surface area contributed by atoms with Crippen molar-refractivity contribution < 1.29 is 23.2 Å². The van der Waals surface area contributed by atoms with E-state index in [-0.39, 0.29) is 22.1 Å². The number of fused-ring (bicyclic) bond motifs is 1. The second-order valence-electron chi connectivity index (χ2n) is 5.10. The van der Waals surface area contributed by atoms with Crippen molar-refractivity contribution in [3.05, 3.63) is 60.2 Å². The molecule has 6 nitrogen and oxygen atoms in total. The molecule has 0 aliphatic rings. The van der Waals surface area contributed by atoms with Gasteiger partial charge in [0.05, 0.1) is 4.90 Å². The Morgan fingerprint density at radius 3 is 2.38 bits per heavy atom. The van der Waals surface area contributed by atoms with Gasteiger partial charge in [0.2, 0.25) is 0 Å². The first kappa shape index (κ1) is 16.0. The standard InChI is InChI=1S/C17H13NO5S/c19-16-7-5-11-3-1-2-4-13(11)14(16)10-18-15-9-12(24(21,22)23)6-8-17(15)20/h1-10,19-20H,(H,21,22,23). The minimum Gasteiger partial charge on any atom is -0.507 e. The third kappa shape index (κ3) is 3.08. The summed E-state index contributed by atoms with van der Waals surface area (Å²) in [6.07, 6.45) is 1.33. The topological polar surface area (TPSA) is 107 Å². The highest BCUT2D eigenvalue weighted by Crippen LogP contribution is 2.31. The van der Waals surface area contributed by atoms with Crippen LogP contribution in [-0.4, -0.2) is 29.4 Å². The van der Waals surface area contributed by atoms with E-state index in [0.717, 1.165) is 29.0 Å². The maximum absolute atomic E-state index is 11.2. The maximum Gasteiger partial charge on any atom is 0.294 e. The van der Waals surface area contributed by atoms with Crippen LogP contribution >= 0.6 is 0 Å². The second-order valence-corrected chi connectivity index (χ2v) is 6.52. The number of benzene rings is 3. The molecule has 0 unspecified atom stereocenters. The molecule has 3 rings (SSSR count). The number of hydrogen-bond acceptors (Lipinski definition) is 5. The molecule has 0 bridgehead atoms. The fourth-order valence-corrected chi connectivity index (χ4v) is 2.82. The zero-order chi connectivity index (χ0) is 17.3. The molecule has 0 saturated heterocycles. The van der Waals surface area contributed by atoms with Gasteiger partial charge in [-0.1, -0.05) is 30.3 Å². The molecular weight excluding hydrogens is 330 g/mol. The van der Waals surface area contributed by atoms with Gasteiger partial charge in [0.15, 0.2) is 0 Å². The molecule has 0 aromatic heterocycles. The molecule has 0 atom stereocenters. The van der Waals surface area contributed by atoms with Crippen molar-refractivity contribution >= 4 is 32.8 Å². The van der Waals surface area contributed by atoms with E-state index in [4.69, 9.17) is 4.55 Å². The van der Waals surface area contributed by atoms with Crippen molar-refractivity contribution in [3.8, 4) is 11.5 Å². The summed E-state index contributed by atoms with van der Waals surface area (Å²) in [5.41, 5.74) is 0.391.